The first kappa shape index (κ1) is 23.4. The van der Waals surface area contributed by atoms with E-state index in [0.29, 0.717) is 30.4 Å². The van der Waals surface area contributed by atoms with Gasteiger partial charge in [0, 0.05) is 38.6 Å². The van der Waals surface area contributed by atoms with E-state index in [-0.39, 0.29) is 23.2 Å². The highest BCUT2D eigenvalue weighted by atomic mass is 16.5. The summed E-state index contributed by atoms with van der Waals surface area (Å²) in [6.07, 6.45) is 4.81. The normalized spacial score (nSPS) is 25.7. The molecule has 2 fully saturated rings. The van der Waals surface area contributed by atoms with Gasteiger partial charge in [0.05, 0.1) is 11.5 Å². The lowest BCUT2D eigenvalue weighted by atomic mass is 9.72. The van der Waals surface area contributed by atoms with E-state index in [0.717, 1.165) is 51.9 Å². The molecule has 1 unspecified atom stereocenters. The van der Waals surface area contributed by atoms with Gasteiger partial charge < -0.3 is 30.7 Å². The first-order valence-electron chi connectivity index (χ1n) is 11.6. The van der Waals surface area contributed by atoms with Crippen LogP contribution in [0.3, 0.4) is 0 Å². The average molecular weight is 457 g/mol. The first-order chi connectivity index (χ1) is 15.8. The Labute approximate surface area is 193 Å². The van der Waals surface area contributed by atoms with Crippen molar-refractivity contribution in [2.24, 2.45) is 11.7 Å². The van der Waals surface area contributed by atoms with Crippen LogP contribution in [0.5, 0.6) is 5.75 Å². The van der Waals surface area contributed by atoms with Gasteiger partial charge >= 0.3 is 13.1 Å². The second kappa shape index (κ2) is 10.0. The molecule has 1 saturated heterocycles. The van der Waals surface area contributed by atoms with Gasteiger partial charge in [-0.15, -0.1) is 0 Å². The van der Waals surface area contributed by atoms with Crippen molar-refractivity contribution in [3.63, 3.8) is 0 Å². The van der Waals surface area contributed by atoms with Crippen molar-refractivity contribution < 1.29 is 24.4 Å². The van der Waals surface area contributed by atoms with Crippen LogP contribution in [-0.2, 0) is 11.2 Å². The van der Waals surface area contributed by atoms with Crippen molar-refractivity contribution in [1.82, 2.24) is 15.1 Å². The number of hydrogen-bond acceptors (Lipinski definition) is 6. The minimum absolute atomic E-state index is 0.00999. The van der Waals surface area contributed by atoms with E-state index in [1.54, 1.807) is 12.1 Å². The summed E-state index contributed by atoms with van der Waals surface area (Å²) in [5.41, 5.74) is 6.25. The molecule has 2 heterocycles. The molecule has 178 valence electrons. The number of carbonyl (C=O) groups is 2. The van der Waals surface area contributed by atoms with Crippen molar-refractivity contribution in [2.75, 3.05) is 26.2 Å². The number of carbonyl (C=O) groups excluding carboxylic acids is 1. The highest BCUT2D eigenvalue weighted by molar-refractivity contribution is 6.47. The summed E-state index contributed by atoms with van der Waals surface area (Å²) in [6.45, 7) is 3.42. The number of amides is 1. The van der Waals surface area contributed by atoms with Gasteiger partial charge in [-0.05, 0) is 49.7 Å². The molecule has 1 aromatic rings. The Morgan fingerprint density at radius 3 is 2.52 bits per heavy atom. The summed E-state index contributed by atoms with van der Waals surface area (Å²) < 4.78 is 5.46. The standard InChI is InChI=1S/C22H32BN5O5/c24-22(25)28-10-8-27(9-11-28)16-6-4-14(5-7-16)12-19(29)26-18-13-15-2-1-3-17(21(30)31)20(15)33-23(18)32/h1-3,14,16,18,32H,4-13H2,(H3,24,25)(H,26,29)(H,30,31). The Morgan fingerprint density at radius 1 is 1.18 bits per heavy atom. The maximum Gasteiger partial charge on any atom is 0.547 e. The molecule has 6 N–H and O–H groups in total. The molecule has 1 amide bonds. The molecule has 0 aromatic heterocycles. The van der Waals surface area contributed by atoms with Crippen LogP contribution in [0.2, 0.25) is 0 Å². The molecule has 1 aromatic carbocycles. The van der Waals surface area contributed by atoms with Gasteiger partial charge in [-0.1, -0.05) is 12.1 Å². The number of carboxylic acids is 1. The first-order valence-corrected chi connectivity index (χ1v) is 11.6. The van der Waals surface area contributed by atoms with Crippen LogP contribution in [0.25, 0.3) is 0 Å². The third kappa shape index (κ3) is 5.41. The molecule has 3 aliphatic rings. The zero-order valence-electron chi connectivity index (χ0n) is 18.7. The smallest absolute Gasteiger partial charge is 0.534 e. The fraction of sp³-hybridized carbons (Fsp3) is 0.591. The molecule has 33 heavy (non-hydrogen) atoms. The predicted octanol–water partition coefficient (Wildman–Crippen LogP) is 0.284. The second-order valence-corrected chi connectivity index (χ2v) is 9.27. The van der Waals surface area contributed by atoms with E-state index in [9.17, 15) is 19.7 Å². The third-order valence-corrected chi connectivity index (χ3v) is 7.16. The van der Waals surface area contributed by atoms with Crippen molar-refractivity contribution in [3.05, 3.63) is 29.3 Å². The summed E-state index contributed by atoms with van der Waals surface area (Å²) in [5, 5.41) is 30.1. The predicted molar refractivity (Wildman–Crippen MR) is 123 cm³/mol. The second-order valence-electron chi connectivity index (χ2n) is 9.27. The fourth-order valence-corrected chi connectivity index (χ4v) is 5.29. The average Bonchev–Trinajstić information content (AvgIpc) is 2.79. The summed E-state index contributed by atoms with van der Waals surface area (Å²) in [6, 6.07) is 5.35. The Bertz CT molecular complexity index is 899. The molecular formula is C22H32BN5O5. The van der Waals surface area contributed by atoms with Gasteiger partial charge in [0.2, 0.25) is 5.91 Å². The van der Waals surface area contributed by atoms with Gasteiger partial charge in [-0.3, -0.25) is 15.1 Å². The third-order valence-electron chi connectivity index (χ3n) is 7.16. The number of piperazine rings is 1. The van der Waals surface area contributed by atoms with E-state index in [2.05, 4.69) is 10.2 Å². The number of benzene rings is 1. The SMILES string of the molecule is N=C(N)N1CCN(C2CCC(CC(=O)NC3Cc4cccc(C(=O)O)c4OB3O)CC2)CC1. The van der Waals surface area contributed by atoms with Gasteiger partial charge in [0.15, 0.2) is 5.96 Å². The van der Waals surface area contributed by atoms with Crippen molar-refractivity contribution >= 4 is 25.0 Å². The molecule has 2 aliphatic heterocycles. The number of fused-ring (bicyclic) bond motifs is 1. The number of aromatic carboxylic acids is 1. The maximum absolute atomic E-state index is 12.7. The van der Waals surface area contributed by atoms with Gasteiger partial charge in [0.25, 0.3) is 0 Å². The lowest BCUT2D eigenvalue weighted by Crippen LogP contribution is -2.54. The summed E-state index contributed by atoms with van der Waals surface area (Å²) in [4.78, 5) is 28.4. The monoisotopic (exact) mass is 457 g/mol. The van der Waals surface area contributed by atoms with Crippen LogP contribution in [-0.4, -0.2) is 83.0 Å². The zero-order chi connectivity index (χ0) is 23.5. The Morgan fingerprint density at radius 2 is 1.88 bits per heavy atom. The summed E-state index contributed by atoms with van der Waals surface area (Å²) >= 11 is 0. The van der Waals surface area contributed by atoms with Crippen molar-refractivity contribution in [1.29, 1.82) is 5.41 Å². The lowest BCUT2D eigenvalue weighted by Gasteiger charge is -2.42. The Balaban J connectivity index is 1.24. The van der Waals surface area contributed by atoms with Crippen LogP contribution in [0, 0.1) is 11.3 Å². The Kier molecular flexibility index (Phi) is 7.09. The van der Waals surface area contributed by atoms with Crippen LogP contribution < -0.4 is 15.7 Å². The number of nitrogens with two attached hydrogens (primary N) is 1. The van der Waals surface area contributed by atoms with E-state index in [1.807, 2.05) is 4.90 Å². The van der Waals surface area contributed by atoms with Gasteiger partial charge in [0.1, 0.15) is 5.75 Å². The molecular weight excluding hydrogens is 425 g/mol. The topological polar surface area (TPSA) is 152 Å². The van der Waals surface area contributed by atoms with Crippen molar-refractivity contribution in [3.8, 4) is 5.75 Å². The zero-order valence-corrected chi connectivity index (χ0v) is 18.7. The molecule has 1 atom stereocenters. The number of nitrogens with zero attached hydrogens (tertiary/aromatic N) is 2. The largest absolute Gasteiger partial charge is 0.547 e. The van der Waals surface area contributed by atoms with Crippen LogP contribution in [0.4, 0.5) is 0 Å². The van der Waals surface area contributed by atoms with Crippen LogP contribution in [0.1, 0.15) is 48.0 Å². The number of nitrogens with one attached hydrogen (secondary N) is 2. The summed E-state index contributed by atoms with van der Waals surface area (Å²) in [7, 11) is -1.29. The summed E-state index contributed by atoms with van der Waals surface area (Å²) in [5.74, 6) is -1.21. The number of rotatable bonds is 5. The van der Waals surface area contributed by atoms with Gasteiger partial charge in [-0.2, -0.15) is 0 Å². The molecule has 0 bridgehead atoms. The number of guanidine groups is 1. The minimum atomic E-state index is -1.29. The molecule has 0 radical (unpaired) electrons. The fourth-order valence-electron chi connectivity index (χ4n) is 5.29. The molecule has 11 heteroatoms. The number of hydrogen-bond donors (Lipinski definition) is 5. The van der Waals surface area contributed by atoms with Crippen LogP contribution in [0.15, 0.2) is 18.2 Å². The molecule has 4 rings (SSSR count). The highest BCUT2D eigenvalue weighted by Gasteiger charge is 2.38. The Hall–Kier alpha value is -2.79. The number of para-hydroxylation sites is 1. The van der Waals surface area contributed by atoms with E-state index < -0.39 is 19.0 Å². The van der Waals surface area contributed by atoms with Crippen molar-refractivity contribution in [2.45, 2.75) is 50.5 Å². The molecule has 0 spiro atoms. The minimum Gasteiger partial charge on any atom is -0.534 e. The molecule has 1 aliphatic carbocycles. The number of carboxylic acid groups (broad SMARTS) is 1. The van der Waals surface area contributed by atoms with Gasteiger partial charge in [-0.25, -0.2) is 4.79 Å². The van der Waals surface area contributed by atoms with E-state index in [1.165, 1.54) is 6.07 Å². The lowest BCUT2D eigenvalue weighted by molar-refractivity contribution is -0.122. The van der Waals surface area contributed by atoms with Crippen LogP contribution >= 0.6 is 0 Å². The highest BCUT2D eigenvalue weighted by Crippen LogP contribution is 2.32. The molecule has 10 nitrogen and oxygen atoms in total. The maximum atomic E-state index is 12.7. The molecule has 1 saturated carbocycles. The van der Waals surface area contributed by atoms with E-state index in [4.69, 9.17) is 15.8 Å². The quantitative estimate of drug-likeness (QED) is 0.240. The van der Waals surface area contributed by atoms with E-state index >= 15 is 0 Å².